The van der Waals surface area contributed by atoms with Gasteiger partial charge in [0.1, 0.15) is 0 Å². The predicted molar refractivity (Wildman–Crippen MR) is 63.5 cm³/mol. The van der Waals surface area contributed by atoms with Gasteiger partial charge in [0.2, 0.25) is 0 Å². The predicted octanol–water partition coefficient (Wildman–Crippen LogP) is 3.59. The summed E-state index contributed by atoms with van der Waals surface area (Å²) < 4.78 is 0. The Bertz CT molecular complexity index is 127. The molecule has 0 aromatic heterocycles. The second kappa shape index (κ2) is 7.28. The Morgan fingerprint density at radius 1 is 1.21 bits per heavy atom. The maximum Gasteiger partial charge on any atom is -0.00205 e. The smallest absolute Gasteiger partial charge is 0.00205 e. The summed E-state index contributed by atoms with van der Waals surface area (Å²) in [5, 5.41) is 3.51. The average molecular weight is 197 g/mol. The monoisotopic (exact) mass is 197 g/mol. The van der Waals surface area contributed by atoms with Gasteiger partial charge in [-0.25, -0.2) is 0 Å². The van der Waals surface area contributed by atoms with Crippen molar-refractivity contribution in [3.8, 4) is 0 Å². The van der Waals surface area contributed by atoms with Crippen molar-refractivity contribution in [1.82, 2.24) is 5.32 Å². The van der Waals surface area contributed by atoms with Crippen LogP contribution in [0.2, 0.25) is 0 Å². The molecule has 1 heteroatoms. The molecule has 0 aromatic rings. The zero-order valence-corrected chi connectivity index (χ0v) is 10.0. The first kappa shape index (κ1) is 12.0. The van der Waals surface area contributed by atoms with E-state index in [-0.39, 0.29) is 0 Å². The number of hydrogen-bond acceptors (Lipinski definition) is 1. The molecule has 0 heterocycles. The minimum absolute atomic E-state index is 0.947. The van der Waals surface area contributed by atoms with Crippen molar-refractivity contribution in [3.05, 3.63) is 0 Å². The van der Waals surface area contributed by atoms with Crippen molar-refractivity contribution in [1.29, 1.82) is 0 Å². The first-order chi connectivity index (χ1) is 6.86. The minimum atomic E-state index is 0.947. The topological polar surface area (TPSA) is 12.0 Å². The standard InChI is InChI=1S/C13H27N/c1-3-7-13(11-14-4-2)10-12-8-5-6-9-12/h12-14H,3-11H2,1-2H3. The van der Waals surface area contributed by atoms with Crippen LogP contribution in [0.25, 0.3) is 0 Å². The molecule has 14 heavy (non-hydrogen) atoms. The van der Waals surface area contributed by atoms with Gasteiger partial charge in [0.05, 0.1) is 0 Å². The molecule has 0 amide bonds. The van der Waals surface area contributed by atoms with Crippen LogP contribution >= 0.6 is 0 Å². The van der Waals surface area contributed by atoms with E-state index in [1.165, 1.54) is 51.5 Å². The van der Waals surface area contributed by atoms with Gasteiger partial charge >= 0.3 is 0 Å². The quantitative estimate of drug-likeness (QED) is 0.657. The molecule has 0 bridgehead atoms. The lowest BCUT2D eigenvalue weighted by atomic mass is 9.90. The summed E-state index contributed by atoms with van der Waals surface area (Å²) >= 11 is 0. The first-order valence-corrected chi connectivity index (χ1v) is 6.57. The summed E-state index contributed by atoms with van der Waals surface area (Å²) in [4.78, 5) is 0. The third-order valence-corrected chi connectivity index (χ3v) is 3.52. The highest BCUT2D eigenvalue weighted by molar-refractivity contribution is 4.72. The highest BCUT2D eigenvalue weighted by Crippen LogP contribution is 2.31. The summed E-state index contributed by atoms with van der Waals surface area (Å²) in [6.45, 7) is 6.90. The van der Waals surface area contributed by atoms with Crippen molar-refractivity contribution in [2.75, 3.05) is 13.1 Å². The first-order valence-electron chi connectivity index (χ1n) is 6.57. The molecular formula is C13H27N. The lowest BCUT2D eigenvalue weighted by Gasteiger charge is -2.20. The van der Waals surface area contributed by atoms with Crippen LogP contribution < -0.4 is 5.32 Å². The van der Waals surface area contributed by atoms with Gasteiger partial charge < -0.3 is 5.32 Å². The number of nitrogens with one attached hydrogen (secondary N) is 1. The van der Waals surface area contributed by atoms with E-state index < -0.39 is 0 Å². The second-order valence-electron chi connectivity index (χ2n) is 4.85. The van der Waals surface area contributed by atoms with E-state index >= 15 is 0 Å². The maximum absolute atomic E-state index is 3.51. The molecule has 1 N–H and O–H groups in total. The van der Waals surface area contributed by atoms with Crippen molar-refractivity contribution in [2.24, 2.45) is 11.8 Å². The third kappa shape index (κ3) is 4.45. The van der Waals surface area contributed by atoms with Crippen molar-refractivity contribution < 1.29 is 0 Å². The lowest BCUT2D eigenvalue weighted by Crippen LogP contribution is -2.24. The van der Waals surface area contributed by atoms with E-state index in [1.54, 1.807) is 0 Å². The molecule has 1 nitrogen and oxygen atoms in total. The zero-order valence-electron chi connectivity index (χ0n) is 10.0. The Balaban J connectivity index is 2.18. The molecule has 1 atom stereocenters. The van der Waals surface area contributed by atoms with Gasteiger partial charge in [-0.3, -0.25) is 0 Å². The molecule has 1 rings (SSSR count). The molecule has 1 aliphatic carbocycles. The fourth-order valence-electron chi connectivity index (χ4n) is 2.78. The Hall–Kier alpha value is -0.0400. The Labute approximate surface area is 89.7 Å². The van der Waals surface area contributed by atoms with E-state index in [1.807, 2.05) is 0 Å². The zero-order chi connectivity index (χ0) is 10.2. The number of hydrogen-bond donors (Lipinski definition) is 1. The largest absolute Gasteiger partial charge is 0.317 e. The molecule has 1 unspecified atom stereocenters. The van der Waals surface area contributed by atoms with Crippen LogP contribution in [0, 0.1) is 11.8 Å². The molecule has 0 spiro atoms. The van der Waals surface area contributed by atoms with Gasteiger partial charge in [-0.05, 0) is 37.8 Å². The second-order valence-corrected chi connectivity index (χ2v) is 4.85. The van der Waals surface area contributed by atoms with Crippen molar-refractivity contribution in [2.45, 2.75) is 58.8 Å². The summed E-state index contributed by atoms with van der Waals surface area (Å²) in [6, 6.07) is 0. The van der Waals surface area contributed by atoms with E-state index in [2.05, 4.69) is 19.2 Å². The van der Waals surface area contributed by atoms with Gasteiger partial charge in [-0.2, -0.15) is 0 Å². The summed E-state index contributed by atoms with van der Waals surface area (Å²) in [6.07, 6.45) is 10.3. The molecule has 1 saturated carbocycles. The lowest BCUT2D eigenvalue weighted by molar-refractivity contribution is 0.342. The molecule has 0 saturated heterocycles. The van der Waals surface area contributed by atoms with E-state index in [9.17, 15) is 0 Å². The van der Waals surface area contributed by atoms with Crippen LogP contribution in [0.3, 0.4) is 0 Å². The Kier molecular flexibility index (Phi) is 6.25. The van der Waals surface area contributed by atoms with Gasteiger partial charge in [-0.15, -0.1) is 0 Å². The van der Waals surface area contributed by atoms with E-state index in [0.29, 0.717) is 0 Å². The summed E-state index contributed by atoms with van der Waals surface area (Å²) in [5.41, 5.74) is 0. The van der Waals surface area contributed by atoms with Gasteiger partial charge in [0, 0.05) is 0 Å². The van der Waals surface area contributed by atoms with Crippen molar-refractivity contribution in [3.63, 3.8) is 0 Å². The SMILES string of the molecule is CCCC(CNCC)CC1CCCC1. The van der Waals surface area contributed by atoms with Crippen LogP contribution in [0.4, 0.5) is 0 Å². The fraction of sp³-hybridized carbons (Fsp3) is 1.00. The van der Waals surface area contributed by atoms with Crippen LogP contribution in [0.5, 0.6) is 0 Å². The molecular weight excluding hydrogens is 170 g/mol. The van der Waals surface area contributed by atoms with Crippen LogP contribution in [-0.2, 0) is 0 Å². The van der Waals surface area contributed by atoms with Crippen molar-refractivity contribution >= 4 is 0 Å². The Morgan fingerprint density at radius 3 is 2.50 bits per heavy atom. The van der Waals surface area contributed by atoms with Gasteiger partial charge in [-0.1, -0.05) is 46.0 Å². The summed E-state index contributed by atoms with van der Waals surface area (Å²) in [5.74, 6) is 2.01. The normalized spacial score (nSPS) is 20.1. The third-order valence-electron chi connectivity index (χ3n) is 3.52. The highest BCUT2D eigenvalue weighted by Gasteiger charge is 2.19. The Morgan fingerprint density at radius 2 is 1.93 bits per heavy atom. The minimum Gasteiger partial charge on any atom is -0.317 e. The van der Waals surface area contributed by atoms with Crippen LogP contribution in [-0.4, -0.2) is 13.1 Å². The van der Waals surface area contributed by atoms with Gasteiger partial charge in [0.25, 0.3) is 0 Å². The molecule has 1 fully saturated rings. The van der Waals surface area contributed by atoms with Crippen LogP contribution in [0.15, 0.2) is 0 Å². The average Bonchev–Trinajstić information content (AvgIpc) is 2.67. The van der Waals surface area contributed by atoms with E-state index in [4.69, 9.17) is 0 Å². The molecule has 1 aliphatic rings. The maximum atomic E-state index is 3.51. The summed E-state index contributed by atoms with van der Waals surface area (Å²) in [7, 11) is 0. The van der Waals surface area contributed by atoms with Crippen LogP contribution in [0.1, 0.15) is 58.8 Å². The molecule has 0 aliphatic heterocycles. The van der Waals surface area contributed by atoms with Gasteiger partial charge in [0.15, 0.2) is 0 Å². The highest BCUT2D eigenvalue weighted by atomic mass is 14.8. The molecule has 0 aromatic carbocycles. The number of rotatable bonds is 7. The fourth-order valence-corrected chi connectivity index (χ4v) is 2.78. The van der Waals surface area contributed by atoms with E-state index in [0.717, 1.165) is 18.4 Å². The molecule has 0 radical (unpaired) electrons. The molecule has 84 valence electrons.